The highest BCUT2D eigenvalue weighted by Crippen LogP contribution is 2.25. The monoisotopic (exact) mass is 339 g/mol. The minimum Gasteiger partial charge on any atom is -0.333 e. The molecular weight excluding hydrogens is 321 g/mol. The van der Waals surface area contributed by atoms with Gasteiger partial charge < -0.3 is 9.88 Å². The third-order valence-corrected chi connectivity index (χ3v) is 3.80. The fourth-order valence-electron chi connectivity index (χ4n) is 2.27. The number of hydrogen-bond donors (Lipinski definition) is 1. The third-order valence-electron chi connectivity index (χ3n) is 3.16. The van der Waals surface area contributed by atoms with Crippen molar-refractivity contribution in [3.63, 3.8) is 0 Å². The molecular formula is C15H19BrFN3. The van der Waals surface area contributed by atoms with Crippen LogP contribution < -0.4 is 5.32 Å². The second kappa shape index (κ2) is 6.99. The Kier molecular flexibility index (Phi) is 5.31. The van der Waals surface area contributed by atoms with Crippen molar-refractivity contribution in [1.82, 2.24) is 14.9 Å². The summed E-state index contributed by atoms with van der Waals surface area (Å²) in [4.78, 5) is 4.45. The smallest absolute Gasteiger partial charge is 0.137 e. The van der Waals surface area contributed by atoms with E-state index in [4.69, 9.17) is 0 Å². The first kappa shape index (κ1) is 15.2. The van der Waals surface area contributed by atoms with Crippen molar-refractivity contribution < 1.29 is 4.39 Å². The molecule has 0 aliphatic rings. The first-order valence-electron chi connectivity index (χ1n) is 6.86. The Balaban J connectivity index is 2.39. The molecule has 2 aromatic rings. The molecule has 108 valence electrons. The van der Waals surface area contributed by atoms with Crippen molar-refractivity contribution in [2.45, 2.75) is 32.9 Å². The van der Waals surface area contributed by atoms with E-state index in [1.54, 1.807) is 18.3 Å². The molecule has 0 aliphatic heterocycles. The van der Waals surface area contributed by atoms with Gasteiger partial charge in [-0.1, -0.05) is 19.9 Å². The van der Waals surface area contributed by atoms with Crippen molar-refractivity contribution >= 4 is 15.9 Å². The summed E-state index contributed by atoms with van der Waals surface area (Å²) in [7, 11) is 0. The third kappa shape index (κ3) is 3.27. The van der Waals surface area contributed by atoms with Crippen LogP contribution in [-0.2, 0) is 6.54 Å². The van der Waals surface area contributed by atoms with Crippen molar-refractivity contribution in [2.24, 2.45) is 0 Å². The van der Waals surface area contributed by atoms with Crippen molar-refractivity contribution in [3.05, 3.63) is 52.3 Å². The predicted octanol–water partition coefficient (Wildman–Crippen LogP) is 3.89. The molecule has 1 unspecified atom stereocenters. The summed E-state index contributed by atoms with van der Waals surface area (Å²) in [6.07, 6.45) is 4.81. The van der Waals surface area contributed by atoms with E-state index in [0.29, 0.717) is 4.47 Å². The maximum absolute atomic E-state index is 13.8. The van der Waals surface area contributed by atoms with Crippen molar-refractivity contribution in [3.8, 4) is 0 Å². The van der Waals surface area contributed by atoms with Crippen LogP contribution >= 0.6 is 15.9 Å². The molecule has 3 nitrogen and oxygen atoms in total. The quantitative estimate of drug-likeness (QED) is 0.865. The maximum Gasteiger partial charge on any atom is 0.137 e. The van der Waals surface area contributed by atoms with E-state index in [1.165, 1.54) is 0 Å². The molecule has 1 aromatic carbocycles. The van der Waals surface area contributed by atoms with E-state index >= 15 is 0 Å². The number of imidazole rings is 1. The molecule has 0 amide bonds. The number of nitrogens with zero attached hydrogens (tertiary/aromatic N) is 2. The summed E-state index contributed by atoms with van der Waals surface area (Å²) < 4.78 is 16.4. The fourth-order valence-corrected chi connectivity index (χ4v) is 2.51. The van der Waals surface area contributed by atoms with Crippen LogP contribution in [0.3, 0.4) is 0 Å². The lowest BCUT2D eigenvalue weighted by Crippen LogP contribution is -2.25. The summed E-state index contributed by atoms with van der Waals surface area (Å²) in [5.41, 5.74) is 0.885. The highest BCUT2D eigenvalue weighted by atomic mass is 79.9. The SMILES string of the molecule is CCCn1ccnc1C(NCC)c1ccc(Br)c(F)c1. The standard InChI is InChI=1S/C15H19BrFN3/c1-3-8-20-9-7-19-15(20)14(18-4-2)11-5-6-12(16)13(17)10-11/h5-7,9-10,14,18H,3-4,8H2,1-2H3. The van der Waals surface area contributed by atoms with Gasteiger partial charge >= 0.3 is 0 Å². The van der Waals surface area contributed by atoms with Gasteiger partial charge in [-0.05, 0) is 46.6 Å². The van der Waals surface area contributed by atoms with Crippen LogP contribution in [0.15, 0.2) is 35.1 Å². The zero-order chi connectivity index (χ0) is 14.5. The molecule has 2 rings (SSSR count). The normalized spacial score (nSPS) is 12.6. The Morgan fingerprint density at radius 1 is 1.40 bits per heavy atom. The molecule has 0 fully saturated rings. The van der Waals surface area contributed by atoms with E-state index in [-0.39, 0.29) is 11.9 Å². The molecule has 1 heterocycles. The molecule has 0 saturated carbocycles. The van der Waals surface area contributed by atoms with Gasteiger partial charge in [-0.15, -0.1) is 0 Å². The zero-order valence-corrected chi connectivity index (χ0v) is 13.3. The van der Waals surface area contributed by atoms with Gasteiger partial charge in [0.15, 0.2) is 0 Å². The van der Waals surface area contributed by atoms with E-state index in [0.717, 1.165) is 30.9 Å². The van der Waals surface area contributed by atoms with E-state index < -0.39 is 0 Å². The lowest BCUT2D eigenvalue weighted by atomic mass is 10.1. The lowest BCUT2D eigenvalue weighted by Gasteiger charge is -2.19. The summed E-state index contributed by atoms with van der Waals surface area (Å²) in [5.74, 6) is 0.675. The van der Waals surface area contributed by atoms with Gasteiger partial charge in [0, 0.05) is 18.9 Å². The van der Waals surface area contributed by atoms with Gasteiger partial charge in [0.05, 0.1) is 10.5 Å². The largest absolute Gasteiger partial charge is 0.333 e. The highest BCUT2D eigenvalue weighted by Gasteiger charge is 2.19. The first-order valence-corrected chi connectivity index (χ1v) is 7.66. The first-order chi connectivity index (χ1) is 9.67. The van der Waals surface area contributed by atoms with Crippen molar-refractivity contribution in [1.29, 1.82) is 0 Å². The average molecular weight is 340 g/mol. The molecule has 0 saturated heterocycles. The van der Waals surface area contributed by atoms with E-state index in [2.05, 4.69) is 37.7 Å². The molecule has 1 aromatic heterocycles. The molecule has 0 radical (unpaired) electrons. The second-order valence-electron chi connectivity index (χ2n) is 4.64. The van der Waals surface area contributed by atoms with Gasteiger partial charge in [0.2, 0.25) is 0 Å². The molecule has 5 heteroatoms. The minimum absolute atomic E-state index is 0.0934. The maximum atomic E-state index is 13.8. The number of hydrogen-bond acceptors (Lipinski definition) is 2. The van der Waals surface area contributed by atoms with Crippen LogP contribution in [0.1, 0.15) is 37.7 Å². The number of halogens is 2. The van der Waals surface area contributed by atoms with Gasteiger partial charge in [0.1, 0.15) is 11.6 Å². The lowest BCUT2D eigenvalue weighted by molar-refractivity contribution is 0.539. The molecule has 1 N–H and O–H groups in total. The Hall–Kier alpha value is -1.20. The summed E-state index contributed by atoms with van der Waals surface area (Å²) in [6, 6.07) is 5.12. The number of aromatic nitrogens is 2. The molecule has 0 bridgehead atoms. The minimum atomic E-state index is -0.251. The van der Waals surface area contributed by atoms with Crippen molar-refractivity contribution in [2.75, 3.05) is 6.54 Å². The van der Waals surface area contributed by atoms with Crippen LogP contribution in [0, 0.1) is 5.82 Å². The average Bonchev–Trinajstić information content (AvgIpc) is 2.88. The van der Waals surface area contributed by atoms with Gasteiger partial charge in [0.25, 0.3) is 0 Å². The van der Waals surface area contributed by atoms with Crippen LogP contribution in [0.2, 0.25) is 0 Å². The van der Waals surface area contributed by atoms with Crippen LogP contribution in [0.5, 0.6) is 0 Å². The number of nitrogens with one attached hydrogen (secondary N) is 1. The van der Waals surface area contributed by atoms with Crippen LogP contribution in [0.25, 0.3) is 0 Å². The van der Waals surface area contributed by atoms with Crippen LogP contribution in [-0.4, -0.2) is 16.1 Å². The Morgan fingerprint density at radius 3 is 2.85 bits per heavy atom. The topological polar surface area (TPSA) is 29.9 Å². The summed E-state index contributed by atoms with van der Waals surface area (Å²) in [5, 5.41) is 3.38. The number of aryl methyl sites for hydroxylation is 1. The molecule has 0 spiro atoms. The molecule has 20 heavy (non-hydrogen) atoms. The number of rotatable bonds is 6. The predicted molar refractivity (Wildman–Crippen MR) is 82.1 cm³/mol. The van der Waals surface area contributed by atoms with Gasteiger partial charge in [-0.2, -0.15) is 0 Å². The van der Waals surface area contributed by atoms with Gasteiger partial charge in [-0.3, -0.25) is 0 Å². The van der Waals surface area contributed by atoms with Crippen LogP contribution in [0.4, 0.5) is 4.39 Å². The molecule has 0 aliphatic carbocycles. The molecule has 1 atom stereocenters. The number of benzene rings is 1. The fraction of sp³-hybridized carbons (Fsp3) is 0.400. The summed E-state index contributed by atoms with van der Waals surface area (Å²) >= 11 is 3.19. The van der Waals surface area contributed by atoms with Gasteiger partial charge in [-0.25, -0.2) is 9.37 Å². The van der Waals surface area contributed by atoms with E-state index in [9.17, 15) is 4.39 Å². The Bertz CT molecular complexity index is 568. The highest BCUT2D eigenvalue weighted by molar-refractivity contribution is 9.10. The van der Waals surface area contributed by atoms with E-state index in [1.807, 2.05) is 19.2 Å². The second-order valence-corrected chi connectivity index (χ2v) is 5.50. The zero-order valence-electron chi connectivity index (χ0n) is 11.7. The summed E-state index contributed by atoms with van der Waals surface area (Å²) in [6.45, 7) is 5.87. The Labute approximate surface area is 127 Å². The Morgan fingerprint density at radius 2 is 2.20 bits per heavy atom.